The van der Waals surface area contributed by atoms with Gasteiger partial charge in [-0.3, -0.25) is 0 Å². The van der Waals surface area contributed by atoms with Crippen LogP contribution >= 0.6 is 0 Å². The lowest BCUT2D eigenvalue weighted by Crippen LogP contribution is -1.94. The normalized spacial score (nSPS) is 11.6. The molecule has 10 aromatic rings. The van der Waals surface area contributed by atoms with Gasteiger partial charge in [0.05, 0.1) is 11.0 Å². The zero-order valence-corrected chi connectivity index (χ0v) is 27.0. The summed E-state index contributed by atoms with van der Waals surface area (Å²) in [5.74, 6) is 0.668. The van der Waals surface area contributed by atoms with E-state index >= 15 is 0 Å². The van der Waals surface area contributed by atoms with E-state index in [0.29, 0.717) is 11.4 Å². The highest BCUT2D eigenvalue weighted by Crippen LogP contribution is 2.41. The molecule has 0 N–H and O–H groups in total. The minimum atomic E-state index is 0.668. The smallest absolute Gasteiger partial charge is 0.180 e. The Labute approximate surface area is 288 Å². The first-order valence-corrected chi connectivity index (χ1v) is 16.8. The molecule has 234 valence electrons. The number of nitrogens with zero attached hydrogens (tertiary/aromatic N) is 3. The quantitative estimate of drug-likeness (QED) is 0.188. The van der Waals surface area contributed by atoms with E-state index in [1.165, 1.54) is 27.4 Å². The molecule has 7 aromatic carbocycles. The van der Waals surface area contributed by atoms with Crippen LogP contribution in [-0.4, -0.2) is 14.5 Å². The lowest BCUT2D eigenvalue weighted by molar-refractivity contribution is 0.668. The average Bonchev–Trinajstić information content (AvgIpc) is 3.74. The zero-order valence-electron chi connectivity index (χ0n) is 27.0. The first-order valence-electron chi connectivity index (χ1n) is 16.8. The van der Waals surface area contributed by atoms with Gasteiger partial charge in [0, 0.05) is 38.5 Å². The van der Waals surface area contributed by atoms with Crippen LogP contribution in [0.25, 0.3) is 94.5 Å². The lowest BCUT2D eigenvalue weighted by Gasteiger charge is -2.10. The Balaban J connectivity index is 1.17. The lowest BCUT2D eigenvalue weighted by atomic mass is 10.0. The fourth-order valence-electron chi connectivity index (χ4n) is 7.27. The van der Waals surface area contributed by atoms with Crippen LogP contribution in [-0.2, 0) is 0 Å². The molecule has 0 saturated carbocycles. The molecule has 0 amide bonds. The maximum Gasteiger partial charge on any atom is 0.180 e. The minimum absolute atomic E-state index is 0.668. The van der Waals surface area contributed by atoms with Crippen LogP contribution in [0.4, 0.5) is 0 Å². The van der Waals surface area contributed by atoms with Gasteiger partial charge >= 0.3 is 0 Å². The predicted octanol–water partition coefficient (Wildman–Crippen LogP) is 12.1. The molecule has 50 heavy (non-hydrogen) atoms. The molecule has 0 aliphatic carbocycles. The van der Waals surface area contributed by atoms with Crippen molar-refractivity contribution >= 4 is 43.9 Å². The highest BCUT2D eigenvalue weighted by Gasteiger charge is 2.21. The summed E-state index contributed by atoms with van der Waals surface area (Å²) in [5, 5.41) is 3.44. The van der Waals surface area contributed by atoms with Crippen LogP contribution in [0.5, 0.6) is 0 Å². The first-order chi connectivity index (χ1) is 24.8. The van der Waals surface area contributed by atoms with Crippen LogP contribution in [0.1, 0.15) is 0 Å². The van der Waals surface area contributed by atoms with Crippen molar-refractivity contribution in [2.45, 2.75) is 0 Å². The molecular formula is C46H29N3O. The molecule has 0 bridgehead atoms. The highest BCUT2D eigenvalue weighted by molar-refractivity contribution is 6.12. The number of benzene rings is 7. The first kappa shape index (κ1) is 28.3. The van der Waals surface area contributed by atoms with Crippen molar-refractivity contribution in [2.75, 3.05) is 0 Å². The molecule has 0 aliphatic rings. The van der Waals surface area contributed by atoms with E-state index in [0.717, 1.165) is 55.7 Å². The molecule has 3 aromatic heterocycles. The molecule has 0 aliphatic heterocycles. The molecule has 0 radical (unpaired) electrons. The fourth-order valence-corrected chi connectivity index (χ4v) is 7.27. The van der Waals surface area contributed by atoms with Crippen LogP contribution in [0, 0.1) is 0 Å². The van der Waals surface area contributed by atoms with Gasteiger partial charge < -0.3 is 8.98 Å². The van der Waals surface area contributed by atoms with Gasteiger partial charge in [-0.2, -0.15) is 0 Å². The molecular weight excluding hydrogens is 611 g/mol. The predicted molar refractivity (Wildman–Crippen MR) is 205 cm³/mol. The molecule has 0 saturated heterocycles. The molecule has 3 heterocycles. The van der Waals surface area contributed by atoms with Crippen molar-refractivity contribution in [1.82, 2.24) is 14.5 Å². The molecule has 0 spiro atoms. The van der Waals surface area contributed by atoms with Gasteiger partial charge in [-0.25, -0.2) is 9.97 Å². The van der Waals surface area contributed by atoms with E-state index in [4.69, 9.17) is 14.4 Å². The molecule has 10 rings (SSSR count). The summed E-state index contributed by atoms with van der Waals surface area (Å²) in [6.45, 7) is 0. The standard InChI is InChI=1S/C46H29N3O/c1-3-13-30(14-4-1)31-25-27-32(28-26-31)42-45-43(48-46(47-42)33-15-5-2-6-16-33)39-22-12-21-36(44(39)50-45)34-17-11-18-35(29-34)49-40-23-9-7-19-37(40)38-20-8-10-24-41(38)49/h1-29H. The Morgan fingerprint density at radius 3 is 1.68 bits per heavy atom. The average molecular weight is 640 g/mol. The third-order valence-electron chi connectivity index (χ3n) is 9.63. The molecule has 0 fully saturated rings. The summed E-state index contributed by atoms with van der Waals surface area (Å²) in [7, 11) is 0. The van der Waals surface area contributed by atoms with Gasteiger partial charge in [0.25, 0.3) is 0 Å². The second-order valence-corrected chi connectivity index (χ2v) is 12.6. The Morgan fingerprint density at radius 1 is 0.400 bits per heavy atom. The van der Waals surface area contributed by atoms with Gasteiger partial charge in [0.2, 0.25) is 0 Å². The third-order valence-corrected chi connectivity index (χ3v) is 9.63. The van der Waals surface area contributed by atoms with Gasteiger partial charge in [0.15, 0.2) is 11.4 Å². The van der Waals surface area contributed by atoms with E-state index < -0.39 is 0 Å². The molecule has 0 atom stereocenters. The number of aromatic nitrogens is 3. The highest BCUT2D eigenvalue weighted by atomic mass is 16.3. The Hall–Kier alpha value is -6.78. The van der Waals surface area contributed by atoms with E-state index in [1.807, 2.05) is 24.3 Å². The number of rotatable bonds is 5. The molecule has 4 nitrogen and oxygen atoms in total. The van der Waals surface area contributed by atoms with E-state index in [1.54, 1.807) is 0 Å². The van der Waals surface area contributed by atoms with Crippen molar-refractivity contribution in [3.8, 4) is 50.6 Å². The second kappa shape index (κ2) is 11.4. The van der Waals surface area contributed by atoms with Crippen LogP contribution in [0.3, 0.4) is 0 Å². The number of hydrogen-bond donors (Lipinski definition) is 0. The van der Waals surface area contributed by atoms with Crippen LogP contribution in [0.15, 0.2) is 180 Å². The number of furan rings is 1. The van der Waals surface area contributed by atoms with Crippen molar-refractivity contribution in [1.29, 1.82) is 0 Å². The van der Waals surface area contributed by atoms with E-state index in [9.17, 15) is 0 Å². The Bertz CT molecular complexity index is 2800. The zero-order chi connectivity index (χ0) is 33.0. The van der Waals surface area contributed by atoms with Crippen molar-refractivity contribution in [3.63, 3.8) is 0 Å². The summed E-state index contributed by atoms with van der Waals surface area (Å²) in [4.78, 5) is 10.3. The van der Waals surface area contributed by atoms with Crippen molar-refractivity contribution < 1.29 is 4.42 Å². The fraction of sp³-hybridized carbons (Fsp3) is 0. The van der Waals surface area contributed by atoms with Gasteiger partial charge in [0.1, 0.15) is 16.8 Å². The minimum Gasteiger partial charge on any atom is -0.451 e. The Morgan fingerprint density at radius 2 is 0.960 bits per heavy atom. The summed E-state index contributed by atoms with van der Waals surface area (Å²) >= 11 is 0. The number of fused-ring (bicyclic) bond motifs is 6. The van der Waals surface area contributed by atoms with Gasteiger partial charge in [-0.05, 0) is 47.0 Å². The topological polar surface area (TPSA) is 43.9 Å². The van der Waals surface area contributed by atoms with E-state index in [2.05, 4.69) is 156 Å². The Kier molecular flexibility index (Phi) is 6.46. The summed E-state index contributed by atoms with van der Waals surface area (Å²) in [6, 6.07) is 61.4. The number of hydrogen-bond acceptors (Lipinski definition) is 3. The largest absolute Gasteiger partial charge is 0.451 e. The van der Waals surface area contributed by atoms with Crippen molar-refractivity contribution in [3.05, 3.63) is 176 Å². The summed E-state index contributed by atoms with van der Waals surface area (Å²) < 4.78 is 9.22. The second-order valence-electron chi connectivity index (χ2n) is 12.6. The molecule has 0 unspecified atom stereocenters. The van der Waals surface area contributed by atoms with Crippen molar-refractivity contribution in [2.24, 2.45) is 0 Å². The summed E-state index contributed by atoms with van der Waals surface area (Å²) in [6.07, 6.45) is 0. The van der Waals surface area contributed by atoms with Gasteiger partial charge in [-0.15, -0.1) is 0 Å². The summed E-state index contributed by atoms with van der Waals surface area (Å²) in [5.41, 5.74) is 12.8. The molecule has 4 heteroatoms. The maximum absolute atomic E-state index is 6.87. The van der Waals surface area contributed by atoms with E-state index in [-0.39, 0.29) is 0 Å². The number of para-hydroxylation sites is 3. The third kappa shape index (κ3) is 4.54. The monoisotopic (exact) mass is 639 g/mol. The van der Waals surface area contributed by atoms with Crippen LogP contribution in [0.2, 0.25) is 0 Å². The SMILES string of the molecule is c1ccc(-c2ccc(-c3nc(-c4ccccc4)nc4c3oc3c(-c5cccc(-n6c7ccccc7c7ccccc76)c5)cccc34)cc2)cc1. The maximum atomic E-state index is 6.87. The van der Waals surface area contributed by atoms with Gasteiger partial charge in [-0.1, -0.05) is 146 Å². The van der Waals surface area contributed by atoms with Crippen LogP contribution < -0.4 is 0 Å².